The molecule has 15 heavy (non-hydrogen) atoms. The van der Waals surface area contributed by atoms with Crippen LogP contribution >= 0.6 is 11.6 Å². The van der Waals surface area contributed by atoms with Crippen LogP contribution in [0.4, 0.5) is 0 Å². The smallest absolute Gasteiger partial charge is 0.158 e. The maximum atomic E-state index is 5.69. The lowest BCUT2D eigenvalue weighted by Gasteiger charge is -2.09. The first kappa shape index (κ1) is 13.3. The Bertz CT molecular complexity index is 153. The van der Waals surface area contributed by atoms with Crippen molar-refractivity contribution in [3.05, 3.63) is 0 Å². The van der Waals surface area contributed by atoms with Gasteiger partial charge >= 0.3 is 0 Å². The van der Waals surface area contributed by atoms with Crippen LogP contribution in [0.25, 0.3) is 0 Å². The second-order valence-corrected chi connectivity index (χ2v) is 4.54. The van der Waals surface area contributed by atoms with Crippen molar-refractivity contribution in [2.75, 3.05) is 12.5 Å². The quantitative estimate of drug-likeness (QED) is 0.471. The molecule has 1 heterocycles. The molecule has 0 aromatic rings. The summed E-state index contributed by atoms with van der Waals surface area (Å²) in [6.07, 6.45) is 9.07. The number of halogens is 1. The lowest BCUT2D eigenvalue weighted by Crippen LogP contribution is -2.13. The van der Waals surface area contributed by atoms with Crippen LogP contribution in [0, 0.1) is 0 Å². The minimum absolute atomic E-state index is 0.0138. The van der Waals surface area contributed by atoms with Gasteiger partial charge in [0.05, 0.1) is 18.6 Å². The average molecular weight is 235 g/mol. The van der Waals surface area contributed by atoms with Gasteiger partial charge in [-0.25, -0.2) is 0 Å². The molecule has 0 saturated carbocycles. The normalized spacial score (nSPS) is 26.0. The van der Waals surface area contributed by atoms with Crippen LogP contribution < -0.4 is 0 Å². The van der Waals surface area contributed by atoms with Gasteiger partial charge in [0.25, 0.3) is 0 Å². The molecule has 0 aliphatic carbocycles. The summed E-state index contributed by atoms with van der Waals surface area (Å²) in [5, 5.41) is 0. The van der Waals surface area contributed by atoms with E-state index in [-0.39, 0.29) is 12.4 Å². The summed E-state index contributed by atoms with van der Waals surface area (Å²) in [6, 6.07) is 0. The van der Waals surface area contributed by atoms with Crippen molar-refractivity contribution in [1.82, 2.24) is 0 Å². The molecule has 2 atom stereocenters. The molecule has 90 valence electrons. The maximum absolute atomic E-state index is 5.69. The van der Waals surface area contributed by atoms with E-state index in [1.165, 1.54) is 38.5 Å². The number of hydrogen-bond donors (Lipinski definition) is 0. The second kappa shape index (κ2) is 8.37. The van der Waals surface area contributed by atoms with Gasteiger partial charge in [-0.15, -0.1) is 11.6 Å². The van der Waals surface area contributed by atoms with Crippen molar-refractivity contribution < 1.29 is 9.47 Å². The Morgan fingerprint density at radius 3 is 2.53 bits per heavy atom. The van der Waals surface area contributed by atoms with Crippen LogP contribution in [0.1, 0.15) is 51.9 Å². The molecule has 0 spiro atoms. The van der Waals surface area contributed by atoms with Crippen molar-refractivity contribution in [3.63, 3.8) is 0 Å². The molecule has 0 bridgehead atoms. The van der Waals surface area contributed by atoms with Crippen molar-refractivity contribution in [2.45, 2.75) is 64.3 Å². The molecule has 1 fully saturated rings. The highest BCUT2D eigenvalue weighted by Crippen LogP contribution is 2.18. The number of ether oxygens (including phenoxy) is 2. The van der Waals surface area contributed by atoms with Crippen LogP contribution in [0.3, 0.4) is 0 Å². The summed E-state index contributed by atoms with van der Waals surface area (Å²) in [4.78, 5) is 0. The van der Waals surface area contributed by atoms with E-state index in [9.17, 15) is 0 Å². The van der Waals surface area contributed by atoms with Gasteiger partial charge in [0.15, 0.2) is 6.29 Å². The van der Waals surface area contributed by atoms with Gasteiger partial charge in [0.1, 0.15) is 0 Å². The van der Waals surface area contributed by atoms with Crippen LogP contribution in [0.15, 0.2) is 0 Å². The molecule has 0 radical (unpaired) electrons. The molecule has 0 aromatic heterocycles. The van der Waals surface area contributed by atoms with Crippen molar-refractivity contribution in [1.29, 1.82) is 0 Å². The molecule has 0 N–H and O–H groups in total. The molecule has 0 aromatic carbocycles. The number of unbranched alkanes of at least 4 members (excludes halogenated alkanes) is 5. The predicted molar refractivity (Wildman–Crippen MR) is 63.3 cm³/mol. The maximum Gasteiger partial charge on any atom is 0.158 e. The van der Waals surface area contributed by atoms with Crippen molar-refractivity contribution in [2.24, 2.45) is 0 Å². The van der Waals surface area contributed by atoms with Crippen LogP contribution in [-0.2, 0) is 9.47 Å². The molecule has 1 saturated heterocycles. The molecule has 1 aliphatic heterocycles. The van der Waals surface area contributed by atoms with Gasteiger partial charge in [0, 0.05) is 0 Å². The zero-order chi connectivity index (χ0) is 10.9. The molecule has 1 aliphatic rings. The molecule has 2 nitrogen and oxygen atoms in total. The highest BCUT2D eigenvalue weighted by atomic mass is 35.5. The SMILES string of the molecule is CCCCCCCC[C@@H]1OC[C@@H](CCl)O1. The van der Waals surface area contributed by atoms with E-state index in [4.69, 9.17) is 21.1 Å². The highest BCUT2D eigenvalue weighted by molar-refractivity contribution is 6.18. The van der Waals surface area contributed by atoms with Gasteiger partial charge in [-0.2, -0.15) is 0 Å². The summed E-state index contributed by atoms with van der Waals surface area (Å²) >= 11 is 5.69. The van der Waals surface area contributed by atoms with E-state index < -0.39 is 0 Å². The average Bonchev–Trinajstić information content (AvgIpc) is 2.71. The summed E-state index contributed by atoms with van der Waals surface area (Å²) in [5.41, 5.74) is 0. The van der Waals surface area contributed by atoms with Gasteiger partial charge in [-0.3, -0.25) is 0 Å². The first-order chi connectivity index (χ1) is 7.36. The summed E-state index contributed by atoms with van der Waals surface area (Å²) in [5.74, 6) is 0.549. The Kier molecular flexibility index (Phi) is 7.41. The molecular weight excluding hydrogens is 212 g/mol. The highest BCUT2D eigenvalue weighted by Gasteiger charge is 2.24. The second-order valence-electron chi connectivity index (χ2n) is 4.23. The van der Waals surface area contributed by atoms with Crippen molar-refractivity contribution in [3.8, 4) is 0 Å². The third kappa shape index (κ3) is 5.74. The standard InChI is InChI=1S/C12H23ClO2/c1-2-3-4-5-6-7-8-12-14-10-11(9-13)15-12/h11-12H,2-10H2,1H3/t11-,12-/m1/s1. The fourth-order valence-electron chi connectivity index (χ4n) is 1.83. The van der Waals surface area contributed by atoms with Crippen molar-refractivity contribution >= 4 is 11.6 Å². The molecule has 1 rings (SSSR count). The van der Waals surface area contributed by atoms with Gasteiger partial charge in [-0.1, -0.05) is 39.0 Å². The van der Waals surface area contributed by atoms with E-state index in [0.717, 1.165) is 6.42 Å². The molecular formula is C12H23ClO2. The summed E-state index contributed by atoms with van der Waals surface area (Å²) in [7, 11) is 0. The first-order valence-electron chi connectivity index (χ1n) is 6.19. The third-order valence-electron chi connectivity index (χ3n) is 2.78. The Morgan fingerprint density at radius 2 is 1.87 bits per heavy atom. The Morgan fingerprint density at radius 1 is 1.13 bits per heavy atom. The Balaban J connectivity index is 1.88. The van der Waals surface area contributed by atoms with E-state index in [0.29, 0.717) is 12.5 Å². The van der Waals surface area contributed by atoms with E-state index in [1.54, 1.807) is 0 Å². The Labute approximate surface area is 98.3 Å². The van der Waals surface area contributed by atoms with Gasteiger partial charge in [0.2, 0.25) is 0 Å². The number of hydrogen-bond acceptors (Lipinski definition) is 2. The Hall–Kier alpha value is 0.210. The fourth-order valence-corrected chi connectivity index (χ4v) is 1.99. The molecule has 3 heteroatoms. The topological polar surface area (TPSA) is 18.5 Å². The van der Waals surface area contributed by atoms with Crippen LogP contribution in [0.5, 0.6) is 0 Å². The third-order valence-corrected chi connectivity index (χ3v) is 3.12. The van der Waals surface area contributed by atoms with Gasteiger partial charge < -0.3 is 9.47 Å². The minimum Gasteiger partial charge on any atom is -0.350 e. The minimum atomic E-state index is 0.0138. The summed E-state index contributed by atoms with van der Waals surface area (Å²) in [6.45, 7) is 2.91. The molecule has 0 unspecified atom stereocenters. The van der Waals surface area contributed by atoms with E-state index >= 15 is 0 Å². The molecule has 0 amide bonds. The first-order valence-corrected chi connectivity index (χ1v) is 6.73. The number of rotatable bonds is 8. The number of alkyl halides is 1. The lowest BCUT2D eigenvalue weighted by molar-refractivity contribution is -0.0599. The van der Waals surface area contributed by atoms with Gasteiger partial charge in [-0.05, 0) is 12.8 Å². The zero-order valence-electron chi connectivity index (χ0n) is 9.71. The van der Waals surface area contributed by atoms with Crippen LogP contribution in [0.2, 0.25) is 0 Å². The summed E-state index contributed by atoms with van der Waals surface area (Å²) < 4.78 is 11.1. The largest absolute Gasteiger partial charge is 0.350 e. The van der Waals surface area contributed by atoms with E-state index in [2.05, 4.69) is 6.92 Å². The lowest BCUT2D eigenvalue weighted by atomic mass is 10.1. The van der Waals surface area contributed by atoms with Crippen LogP contribution in [-0.4, -0.2) is 24.9 Å². The monoisotopic (exact) mass is 234 g/mol. The van der Waals surface area contributed by atoms with E-state index in [1.807, 2.05) is 0 Å². The fraction of sp³-hybridized carbons (Fsp3) is 1.00. The zero-order valence-corrected chi connectivity index (χ0v) is 10.5. The predicted octanol–water partition coefficient (Wildman–Crippen LogP) is 3.72.